The molecule has 25 heavy (non-hydrogen) atoms. The quantitative estimate of drug-likeness (QED) is 0.873. The predicted octanol–water partition coefficient (Wildman–Crippen LogP) is 2.55. The highest BCUT2D eigenvalue weighted by Crippen LogP contribution is 2.25. The Balaban J connectivity index is 2.04. The second kappa shape index (κ2) is 8.14. The molecule has 0 saturated heterocycles. The third-order valence-corrected chi connectivity index (χ3v) is 3.49. The summed E-state index contributed by atoms with van der Waals surface area (Å²) in [7, 11) is 4.48. The zero-order chi connectivity index (χ0) is 18.4. The molecule has 2 amide bonds. The predicted molar refractivity (Wildman–Crippen MR) is 91.5 cm³/mol. The van der Waals surface area contributed by atoms with Crippen molar-refractivity contribution in [3.63, 3.8) is 0 Å². The van der Waals surface area contributed by atoms with Crippen molar-refractivity contribution >= 4 is 17.5 Å². The van der Waals surface area contributed by atoms with Crippen LogP contribution in [-0.4, -0.2) is 44.5 Å². The van der Waals surface area contributed by atoms with Gasteiger partial charge in [-0.15, -0.1) is 0 Å². The Kier molecular flexibility index (Phi) is 5.94. The summed E-state index contributed by atoms with van der Waals surface area (Å²) in [5.41, 5.74) is 0.773. The Bertz CT molecular complexity index is 762. The van der Waals surface area contributed by atoms with Crippen LogP contribution in [0.5, 0.6) is 11.5 Å². The first-order valence-electron chi connectivity index (χ1n) is 7.47. The normalized spacial score (nSPS) is 10.1. The third-order valence-electron chi connectivity index (χ3n) is 3.49. The number of rotatable bonds is 6. The SMILES string of the molecule is COc1ccc(C(=O)N(C)CC(=O)Nc2ccc(F)cc2)c(OC)c1. The molecule has 132 valence electrons. The second-order valence-electron chi connectivity index (χ2n) is 5.28. The highest BCUT2D eigenvalue weighted by molar-refractivity contribution is 6.00. The highest BCUT2D eigenvalue weighted by Gasteiger charge is 2.19. The van der Waals surface area contributed by atoms with Crippen LogP contribution in [0.2, 0.25) is 0 Å². The number of benzene rings is 2. The zero-order valence-electron chi connectivity index (χ0n) is 14.2. The largest absolute Gasteiger partial charge is 0.497 e. The standard InChI is InChI=1S/C18H19FN2O4/c1-21(11-17(22)20-13-6-4-12(19)5-7-13)18(23)15-9-8-14(24-2)10-16(15)25-3/h4-10H,11H2,1-3H3,(H,20,22). The van der Waals surface area contributed by atoms with Crippen LogP contribution in [-0.2, 0) is 4.79 Å². The number of anilines is 1. The monoisotopic (exact) mass is 346 g/mol. The third kappa shape index (κ3) is 4.69. The number of carbonyl (C=O) groups excluding carboxylic acids is 2. The molecule has 0 radical (unpaired) electrons. The van der Waals surface area contributed by atoms with Crippen LogP contribution in [0.25, 0.3) is 0 Å². The van der Waals surface area contributed by atoms with Crippen molar-refractivity contribution in [2.24, 2.45) is 0 Å². The summed E-state index contributed by atoms with van der Waals surface area (Å²) in [5.74, 6) is -0.235. The Labute approximate surface area is 145 Å². The molecule has 0 aliphatic carbocycles. The van der Waals surface area contributed by atoms with Crippen molar-refractivity contribution in [1.29, 1.82) is 0 Å². The molecular formula is C18H19FN2O4. The summed E-state index contributed by atoms with van der Waals surface area (Å²) in [6.45, 7) is -0.161. The average molecular weight is 346 g/mol. The first-order valence-corrected chi connectivity index (χ1v) is 7.47. The van der Waals surface area contributed by atoms with Gasteiger partial charge in [-0.1, -0.05) is 0 Å². The van der Waals surface area contributed by atoms with Crippen molar-refractivity contribution in [1.82, 2.24) is 4.90 Å². The number of ether oxygens (including phenoxy) is 2. The lowest BCUT2D eigenvalue weighted by Crippen LogP contribution is -2.35. The van der Waals surface area contributed by atoms with Crippen LogP contribution in [0.15, 0.2) is 42.5 Å². The number of hydrogen-bond acceptors (Lipinski definition) is 4. The number of hydrogen-bond donors (Lipinski definition) is 1. The fourth-order valence-corrected chi connectivity index (χ4v) is 2.20. The van der Waals surface area contributed by atoms with E-state index in [0.717, 1.165) is 0 Å². The molecule has 0 aliphatic rings. The van der Waals surface area contributed by atoms with Crippen LogP contribution < -0.4 is 14.8 Å². The van der Waals surface area contributed by atoms with Crippen molar-refractivity contribution < 1.29 is 23.5 Å². The molecule has 0 aromatic heterocycles. The fraction of sp³-hybridized carbons (Fsp3) is 0.222. The molecule has 2 aromatic carbocycles. The molecule has 0 heterocycles. The van der Waals surface area contributed by atoms with E-state index < -0.39 is 11.7 Å². The number of carbonyl (C=O) groups is 2. The minimum absolute atomic E-state index is 0.161. The molecule has 0 bridgehead atoms. The first kappa shape index (κ1) is 18.3. The molecular weight excluding hydrogens is 327 g/mol. The van der Waals surface area contributed by atoms with E-state index in [9.17, 15) is 14.0 Å². The van der Waals surface area contributed by atoms with Crippen molar-refractivity contribution in [2.75, 3.05) is 33.1 Å². The molecule has 1 N–H and O–H groups in total. The van der Waals surface area contributed by atoms with E-state index >= 15 is 0 Å². The fourth-order valence-electron chi connectivity index (χ4n) is 2.20. The molecule has 7 heteroatoms. The van der Waals surface area contributed by atoms with Crippen LogP contribution in [0, 0.1) is 5.82 Å². The van der Waals surface area contributed by atoms with Gasteiger partial charge in [0, 0.05) is 18.8 Å². The Morgan fingerprint density at radius 1 is 1.08 bits per heavy atom. The van der Waals surface area contributed by atoms with Gasteiger partial charge in [0.15, 0.2) is 0 Å². The average Bonchev–Trinajstić information content (AvgIpc) is 2.62. The Hall–Kier alpha value is -3.09. The van der Waals surface area contributed by atoms with E-state index in [2.05, 4.69) is 5.32 Å². The van der Waals surface area contributed by atoms with E-state index in [1.807, 2.05) is 0 Å². The molecule has 0 atom stereocenters. The van der Waals surface area contributed by atoms with Crippen LogP contribution in [0.4, 0.5) is 10.1 Å². The van der Waals surface area contributed by atoms with Gasteiger partial charge < -0.3 is 19.7 Å². The maximum atomic E-state index is 12.9. The number of halogens is 1. The molecule has 0 aliphatic heterocycles. The summed E-state index contributed by atoms with van der Waals surface area (Å²) in [6, 6.07) is 10.2. The Morgan fingerprint density at radius 3 is 2.36 bits per heavy atom. The van der Waals surface area contributed by atoms with Gasteiger partial charge in [-0.2, -0.15) is 0 Å². The van der Waals surface area contributed by atoms with E-state index in [1.165, 1.54) is 50.4 Å². The van der Waals surface area contributed by atoms with Gasteiger partial charge in [0.1, 0.15) is 17.3 Å². The Morgan fingerprint density at radius 2 is 1.76 bits per heavy atom. The summed E-state index contributed by atoms with van der Waals surface area (Å²) in [5, 5.41) is 2.60. The summed E-state index contributed by atoms with van der Waals surface area (Å²) >= 11 is 0. The molecule has 0 saturated carbocycles. The molecule has 2 rings (SSSR count). The molecule has 0 unspecified atom stereocenters. The van der Waals surface area contributed by atoms with Crippen LogP contribution >= 0.6 is 0 Å². The maximum Gasteiger partial charge on any atom is 0.257 e. The van der Waals surface area contributed by atoms with Gasteiger partial charge in [0.2, 0.25) is 5.91 Å². The van der Waals surface area contributed by atoms with E-state index in [4.69, 9.17) is 9.47 Å². The molecule has 0 spiro atoms. The number of methoxy groups -OCH3 is 2. The lowest BCUT2D eigenvalue weighted by Gasteiger charge is -2.18. The number of likely N-dealkylation sites (N-methyl/N-ethyl adjacent to an activating group) is 1. The molecule has 6 nitrogen and oxygen atoms in total. The zero-order valence-corrected chi connectivity index (χ0v) is 14.2. The summed E-state index contributed by atoms with van der Waals surface area (Å²) < 4.78 is 23.2. The summed E-state index contributed by atoms with van der Waals surface area (Å²) in [4.78, 5) is 25.8. The van der Waals surface area contributed by atoms with Crippen molar-refractivity contribution in [2.45, 2.75) is 0 Å². The lowest BCUT2D eigenvalue weighted by atomic mass is 10.1. The van der Waals surface area contributed by atoms with E-state index in [-0.39, 0.29) is 12.5 Å². The van der Waals surface area contributed by atoms with Gasteiger partial charge in [0.05, 0.1) is 26.3 Å². The summed E-state index contributed by atoms with van der Waals surface area (Å²) in [6.07, 6.45) is 0. The number of amides is 2. The van der Waals surface area contributed by atoms with Gasteiger partial charge in [-0.3, -0.25) is 9.59 Å². The van der Waals surface area contributed by atoms with E-state index in [0.29, 0.717) is 22.7 Å². The first-order chi connectivity index (χ1) is 11.9. The van der Waals surface area contributed by atoms with Crippen LogP contribution in [0.3, 0.4) is 0 Å². The van der Waals surface area contributed by atoms with Crippen molar-refractivity contribution in [3.05, 3.63) is 53.8 Å². The minimum Gasteiger partial charge on any atom is -0.497 e. The topological polar surface area (TPSA) is 67.9 Å². The van der Waals surface area contributed by atoms with E-state index in [1.54, 1.807) is 18.2 Å². The highest BCUT2D eigenvalue weighted by atomic mass is 19.1. The minimum atomic E-state index is -0.394. The van der Waals surface area contributed by atoms with Crippen LogP contribution in [0.1, 0.15) is 10.4 Å². The number of nitrogens with zero attached hydrogens (tertiary/aromatic N) is 1. The number of nitrogens with one attached hydrogen (secondary N) is 1. The second-order valence-corrected chi connectivity index (χ2v) is 5.28. The van der Waals surface area contributed by atoms with Crippen molar-refractivity contribution in [3.8, 4) is 11.5 Å². The smallest absolute Gasteiger partial charge is 0.257 e. The van der Waals surface area contributed by atoms with Gasteiger partial charge in [-0.25, -0.2) is 4.39 Å². The van der Waals surface area contributed by atoms with Gasteiger partial charge in [-0.05, 0) is 36.4 Å². The van der Waals surface area contributed by atoms with Gasteiger partial charge in [0.25, 0.3) is 5.91 Å². The molecule has 2 aromatic rings. The van der Waals surface area contributed by atoms with Gasteiger partial charge >= 0.3 is 0 Å². The lowest BCUT2D eigenvalue weighted by molar-refractivity contribution is -0.116. The maximum absolute atomic E-state index is 12.9. The molecule has 0 fully saturated rings.